The normalized spacial score (nSPS) is 17.4. The third-order valence-corrected chi connectivity index (χ3v) is 6.73. The maximum atomic E-state index is 13.3. The van der Waals surface area contributed by atoms with Gasteiger partial charge in [-0.2, -0.15) is 5.10 Å². The molecule has 4 rings (SSSR count). The molecule has 9 nitrogen and oxygen atoms in total. The maximum Gasteiger partial charge on any atom is 0.272 e. The van der Waals surface area contributed by atoms with E-state index < -0.39 is 5.91 Å². The lowest BCUT2D eigenvalue weighted by atomic mass is 9.92. The van der Waals surface area contributed by atoms with E-state index in [1.54, 1.807) is 30.1 Å². The van der Waals surface area contributed by atoms with Gasteiger partial charge in [-0.3, -0.25) is 14.3 Å². The molecule has 190 valence electrons. The molecule has 1 aromatic carbocycles. The van der Waals surface area contributed by atoms with Crippen LogP contribution in [-0.2, 0) is 13.5 Å². The van der Waals surface area contributed by atoms with Gasteiger partial charge in [-0.25, -0.2) is 4.98 Å². The van der Waals surface area contributed by atoms with Crippen LogP contribution in [0.15, 0.2) is 36.5 Å². The molecule has 1 aliphatic rings. The lowest BCUT2D eigenvalue weighted by molar-refractivity contribution is 0.0875. The van der Waals surface area contributed by atoms with E-state index in [9.17, 15) is 9.59 Å². The number of carbonyl (C=O) groups is 2. The zero-order chi connectivity index (χ0) is 25.8. The number of amides is 2. The highest BCUT2D eigenvalue weighted by atomic mass is 16.5. The number of aryl methyl sites for hydroxylation is 2. The van der Waals surface area contributed by atoms with E-state index in [-0.39, 0.29) is 29.5 Å². The average molecular weight is 492 g/mol. The average Bonchev–Trinajstić information content (AvgIpc) is 3.21. The highest BCUT2D eigenvalue weighted by Crippen LogP contribution is 2.32. The van der Waals surface area contributed by atoms with Crippen LogP contribution in [0.5, 0.6) is 11.6 Å². The first-order valence-electron chi connectivity index (χ1n) is 12.3. The molecule has 0 bridgehead atoms. The smallest absolute Gasteiger partial charge is 0.272 e. The van der Waals surface area contributed by atoms with Crippen LogP contribution in [0.4, 0.5) is 0 Å². The van der Waals surface area contributed by atoms with E-state index >= 15 is 0 Å². The first-order valence-corrected chi connectivity index (χ1v) is 12.3. The summed E-state index contributed by atoms with van der Waals surface area (Å²) in [6, 6.07) is 9.21. The number of primary amides is 1. The van der Waals surface area contributed by atoms with Crippen molar-refractivity contribution < 1.29 is 19.1 Å². The number of rotatable bonds is 8. The summed E-state index contributed by atoms with van der Waals surface area (Å²) in [5, 5.41) is 7.77. The Bertz CT molecular complexity index is 1260. The zero-order valence-electron chi connectivity index (χ0n) is 21.2. The van der Waals surface area contributed by atoms with Crippen LogP contribution < -0.4 is 20.5 Å². The van der Waals surface area contributed by atoms with Gasteiger partial charge in [0.15, 0.2) is 5.69 Å². The molecule has 2 amide bonds. The molecule has 2 heterocycles. The Kier molecular flexibility index (Phi) is 7.57. The van der Waals surface area contributed by atoms with Crippen LogP contribution >= 0.6 is 0 Å². The molecular weight excluding hydrogens is 458 g/mol. The van der Waals surface area contributed by atoms with Crippen molar-refractivity contribution in [1.29, 1.82) is 0 Å². The third kappa shape index (κ3) is 5.19. The van der Waals surface area contributed by atoms with Crippen molar-refractivity contribution in [3.05, 3.63) is 58.9 Å². The minimum Gasteiger partial charge on any atom is -0.497 e. The van der Waals surface area contributed by atoms with Crippen LogP contribution in [0.25, 0.3) is 11.3 Å². The second-order valence-electron chi connectivity index (χ2n) is 9.12. The summed E-state index contributed by atoms with van der Waals surface area (Å²) in [5.74, 6) is 0.332. The molecular formula is C27H33N5O4. The van der Waals surface area contributed by atoms with Gasteiger partial charge in [-0.05, 0) is 74.9 Å². The largest absolute Gasteiger partial charge is 0.497 e. The van der Waals surface area contributed by atoms with Gasteiger partial charge in [0.1, 0.15) is 17.4 Å². The van der Waals surface area contributed by atoms with Gasteiger partial charge in [0, 0.05) is 30.4 Å². The summed E-state index contributed by atoms with van der Waals surface area (Å²) in [7, 11) is 3.52. The summed E-state index contributed by atoms with van der Waals surface area (Å²) >= 11 is 0. The van der Waals surface area contributed by atoms with Crippen LogP contribution in [0.3, 0.4) is 0 Å². The van der Waals surface area contributed by atoms with E-state index in [1.807, 2.05) is 39.1 Å². The second kappa shape index (κ2) is 10.8. The van der Waals surface area contributed by atoms with Gasteiger partial charge in [0.05, 0.1) is 12.8 Å². The van der Waals surface area contributed by atoms with Crippen LogP contribution in [0, 0.1) is 6.92 Å². The quantitative estimate of drug-likeness (QED) is 0.497. The Morgan fingerprint density at radius 1 is 1.19 bits per heavy atom. The summed E-state index contributed by atoms with van der Waals surface area (Å²) in [4.78, 5) is 29.1. The fraction of sp³-hybridized carbons (Fsp3) is 0.407. The minimum absolute atomic E-state index is 0.0228. The number of nitrogens with zero attached hydrogens (tertiary/aromatic N) is 3. The van der Waals surface area contributed by atoms with Crippen molar-refractivity contribution in [3.8, 4) is 22.9 Å². The molecule has 36 heavy (non-hydrogen) atoms. The number of methoxy groups -OCH3 is 1. The van der Waals surface area contributed by atoms with Gasteiger partial charge in [-0.1, -0.05) is 6.92 Å². The second-order valence-corrected chi connectivity index (χ2v) is 9.12. The monoisotopic (exact) mass is 491 g/mol. The van der Waals surface area contributed by atoms with Crippen molar-refractivity contribution in [2.45, 2.75) is 58.1 Å². The van der Waals surface area contributed by atoms with Gasteiger partial charge in [-0.15, -0.1) is 0 Å². The number of pyridine rings is 1. The molecule has 0 saturated heterocycles. The van der Waals surface area contributed by atoms with E-state index in [0.29, 0.717) is 12.1 Å². The Morgan fingerprint density at radius 3 is 2.58 bits per heavy atom. The molecule has 1 fully saturated rings. The van der Waals surface area contributed by atoms with Crippen molar-refractivity contribution in [2.75, 3.05) is 7.11 Å². The van der Waals surface area contributed by atoms with Crippen molar-refractivity contribution >= 4 is 11.8 Å². The van der Waals surface area contributed by atoms with E-state index in [0.717, 1.165) is 53.8 Å². The minimum atomic E-state index is -0.564. The number of carbonyl (C=O) groups excluding carboxylic acids is 2. The number of ether oxygens (including phenoxy) is 2. The lowest BCUT2D eigenvalue weighted by Crippen LogP contribution is -2.40. The summed E-state index contributed by atoms with van der Waals surface area (Å²) < 4.78 is 13.1. The molecule has 0 unspecified atom stereocenters. The van der Waals surface area contributed by atoms with Crippen LogP contribution in [-0.4, -0.2) is 45.8 Å². The van der Waals surface area contributed by atoms with Crippen molar-refractivity contribution in [3.63, 3.8) is 0 Å². The predicted molar refractivity (Wildman–Crippen MR) is 136 cm³/mol. The van der Waals surface area contributed by atoms with E-state index in [4.69, 9.17) is 15.2 Å². The Labute approximate surface area is 211 Å². The number of aromatic nitrogens is 3. The topological polar surface area (TPSA) is 121 Å². The molecule has 2 aromatic heterocycles. The van der Waals surface area contributed by atoms with Crippen molar-refractivity contribution in [2.24, 2.45) is 12.8 Å². The predicted octanol–water partition coefficient (Wildman–Crippen LogP) is 3.58. The molecule has 1 saturated carbocycles. The van der Waals surface area contributed by atoms with Crippen LogP contribution in [0.1, 0.15) is 64.6 Å². The Balaban J connectivity index is 1.43. The number of hydrogen-bond acceptors (Lipinski definition) is 6. The molecule has 0 radical (unpaired) electrons. The SMILES string of the molecule is CCc1c(C(=O)NC2CCC(Oc3ncccc3C(N)=O)CC2)nn(C)c1-c1ccc(OC)cc1C. The third-order valence-electron chi connectivity index (χ3n) is 6.73. The maximum absolute atomic E-state index is 13.3. The van der Waals surface area contributed by atoms with Gasteiger partial charge < -0.3 is 20.5 Å². The number of nitrogens with two attached hydrogens (primary N) is 1. The van der Waals surface area contributed by atoms with Gasteiger partial charge in [0.2, 0.25) is 5.88 Å². The number of nitrogens with one attached hydrogen (secondary N) is 1. The molecule has 1 aliphatic carbocycles. The Hall–Kier alpha value is -3.88. The number of hydrogen-bond donors (Lipinski definition) is 2. The standard InChI is InChI=1S/C27H33N5O4/c1-5-20-23(31-32(3)24(20)21-13-12-19(35-4)15-16(21)2)26(34)30-17-8-10-18(11-9-17)36-27-22(25(28)33)7-6-14-29-27/h6-7,12-15,17-18H,5,8-11H2,1-4H3,(H2,28,33)(H,30,34). The first-order chi connectivity index (χ1) is 17.3. The van der Waals surface area contributed by atoms with Gasteiger partial charge >= 0.3 is 0 Å². The highest BCUT2D eigenvalue weighted by Gasteiger charge is 2.28. The lowest BCUT2D eigenvalue weighted by Gasteiger charge is -2.29. The fourth-order valence-corrected chi connectivity index (χ4v) is 4.86. The molecule has 0 spiro atoms. The van der Waals surface area contributed by atoms with Gasteiger partial charge in [0.25, 0.3) is 11.8 Å². The summed E-state index contributed by atoms with van der Waals surface area (Å²) in [5.41, 5.74) is 10.1. The van der Waals surface area contributed by atoms with E-state index in [1.165, 1.54) is 0 Å². The first kappa shape index (κ1) is 25.2. The fourth-order valence-electron chi connectivity index (χ4n) is 4.86. The number of benzene rings is 1. The Morgan fingerprint density at radius 2 is 1.94 bits per heavy atom. The van der Waals surface area contributed by atoms with Crippen LogP contribution in [0.2, 0.25) is 0 Å². The molecule has 0 aliphatic heterocycles. The highest BCUT2D eigenvalue weighted by molar-refractivity contribution is 5.96. The van der Waals surface area contributed by atoms with E-state index in [2.05, 4.69) is 15.4 Å². The summed E-state index contributed by atoms with van der Waals surface area (Å²) in [6.45, 7) is 4.07. The molecule has 0 atom stereocenters. The molecule has 3 N–H and O–H groups in total. The van der Waals surface area contributed by atoms with Crippen molar-refractivity contribution in [1.82, 2.24) is 20.1 Å². The molecule has 9 heteroatoms. The molecule has 3 aromatic rings. The zero-order valence-corrected chi connectivity index (χ0v) is 21.2. The summed E-state index contributed by atoms with van der Waals surface area (Å²) in [6.07, 6.45) is 5.16.